The highest BCUT2D eigenvalue weighted by Gasteiger charge is 2.15. The molecule has 0 fully saturated rings. The molecule has 2 aromatic carbocycles. The Morgan fingerprint density at radius 1 is 1.08 bits per heavy atom. The monoisotopic (exact) mass is 394 g/mol. The normalized spacial score (nSPS) is 11.3. The Morgan fingerprint density at radius 3 is 2.50 bits per heavy atom. The minimum Gasteiger partial charge on any atom is -0.348 e. The summed E-state index contributed by atoms with van der Waals surface area (Å²) in [5.41, 5.74) is 1.21. The summed E-state index contributed by atoms with van der Waals surface area (Å²) < 4.78 is 27.2. The van der Waals surface area contributed by atoms with Crippen molar-refractivity contribution >= 4 is 27.5 Å². The lowest BCUT2D eigenvalue weighted by molar-refractivity contribution is 0.0950. The van der Waals surface area contributed by atoms with Gasteiger partial charge in [0.2, 0.25) is 10.0 Å². The summed E-state index contributed by atoms with van der Waals surface area (Å²) in [7, 11) is -3.61. The van der Waals surface area contributed by atoms with Crippen molar-refractivity contribution in [2.45, 2.75) is 37.6 Å². The van der Waals surface area contributed by atoms with E-state index in [4.69, 9.17) is 11.6 Å². The first-order valence-electron chi connectivity index (χ1n) is 8.55. The van der Waals surface area contributed by atoms with E-state index in [1.54, 1.807) is 24.3 Å². The zero-order valence-corrected chi connectivity index (χ0v) is 16.2. The van der Waals surface area contributed by atoms with Crippen molar-refractivity contribution < 1.29 is 13.2 Å². The van der Waals surface area contributed by atoms with Crippen LogP contribution in [0.25, 0.3) is 0 Å². The number of halogens is 1. The van der Waals surface area contributed by atoms with Crippen molar-refractivity contribution in [3.8, 4) is 0 Å². The number of carbonyl (C=O) groups is 1. The highest BCUT2D eigenvalue weighted by molar-refractivity contribution is 7.89. The largest absolute Gasteiger partial charge is 0.348 e. The van der Waals surface area contributed by atoms with E-state index in [-0.39, 0.29) is 10.8 Å². The molecule has 5 nitrogen and oxygen atoms in total. The van der Waals surface area contributed by atoms with Crippen LogP contribution in [0.3, 0.4) is 0 Å². The molecular weight excluding hydrogens is 372 g/mol. The first kappa shape index (κ1) is 20.4. The van der Waals surface area contributed by atoms with Gasteiger partial charge in [-0.15, -0.1) is 0 Å². The molecule has 2 aromatic rings. The van der Waals surface area contributed by atoms with Gasteiger partial charge in [0.1, 0.15) is 0 Å². The first-order chi connectivity index (χ1) is 12.4. The van der Waals surface area contributed by atoms with Crippen molar-refractivity contribution in [2.24, 2.45) is 0 Å². The molecule has 1 amide bonds. The van der Waals surface area contributed by atoms with Gasteiger partial charge in [0, 0.05) is 23.7 Å². The number of hydrogen-bond donors (Lipinski definition) is 2. The van der Waals surface area contributed by atoms with Gasteiger partial charge < -0.3 is 5.32 Å². The molecule has 2 N–H and O–H groups in total. The number of sulfonamides is 1. The molecule has 2 rings (SSSR count). The zero-order valence-electron chi connectivity index (χ0n) is 14.7. The Hall–Kier alpha value is -1.89. The van der Waals surface area contributed by atoms with Gasteiger partial charge in [-0.3, -0.25) is 4.79 Å². The average molecular weight is 395 g/mol. The zero-order chi connectivity index (χ0) is 19.0. The summed E-state index contributed by atoms with van der Waals surface area (Å²) in [4.78, 5) is 12.4. The number of carbonyl (C=O) groups excluding carboxylic acids is 1. The van der Waals surface area contributed by atoms with E-state index < -0.39 is 10.0 Å². The summed E-state index contributed by atoms with van der Waals surface area (Å²) in [6.07, 6.45) is 2.78. The molecular formula is C19H23ClN2O3S. The van der Waals surface area contributed by atoms with Crippen LogP contribution in [0.4, 0.5) is 0 Å². The molecule has 0 saturated heterocycles. The van der Waals surface area contributed by atoms with Gasteiger partial charge in [-0.05, 0) is 42.3 Å². The molecule has 0 atom stereocenters. The van der Waals surface area contributed by atoms with Crippen molar-refractivity contribution in [3.05, 3.63) is 64.7 Å². The van der Waals surface area contributed by atoms with Gasteiger partial charge in [-0.2, -0.15) is 0 Å². The Balaban J connectivity index is 2.00. The third-order valence-corrected chi connectivity index (χ3v) is 5.56. The van der Waals surface area contributed by atoms with Crippen LogP contribution in [-0.2, 0) is 16.6 Å². The van der Waals surface area contributed by atoms with E-state index in [0.29, 0.717) is 23.7 Å². The summed E-state index contributed by atoms with van der Waals surface area (Å²) in [5.74, 6) is -0.331. The fourth-order valence-corrected chi connectivity index (χ4v) is 3.60. The molecule has 0 spiro atoms. The van der Waals surface area contributed by atoms with E-state index in [9.17, 15) is 13.2 Å². The predicted octanol–water partition coefficient (Wildman–Crippen LogP) is 3.74. The second kappa shape index (κ2) is 9.71. The smallest absolute Gasteiger partial charge is 0.251 e. The second-order valence-electron chi connectivity index (χ2n) is 5.94. The number of benzene rings is 2. The van der Waals surface area contributed by atoms with Crippen LogP contribution < -0.4 is 10.0 Å². The van der Waals surface area contributed by atoms with E-state index in [0.717, 1.165) is 24.8 Å². The molecule has 26 heavy (non-hydrogen) atoms. The molecule has 0 aliphatic heterocycles. The predicted molar refractivity (Wildman–Crippen MR) is 104 cm³/mol. The number of rotatable bonds is 9. The quantitative estimate of drug-likeness (QED) is 0.636. The van der Waals surface area contributed by atoms with Crippen LogP contribution >= 0.6 is 11.6 Å². The summed E-state index contributed by atoms with van der Waals surface area (Å²) >= 11 is 5.83. The molecule has 7 heteroatoms. The average Bonchev–Trinajstić information content (AvgIpc) is 2.64. The summed E-state index contributed by atoms with van der Waals surface area (Å²) in [6.45, 7) is 2.78. The summed E-state index contributed by atoms with van der Waals surface area (Å²) in [5, 5.41) is 3.41. The van der Waals surface area contributed by atoms with Crippen LogP contribution in [0.2, 0.25) is 5.02 Å². The fraction of sp³-hybridized carbons (Fsp3) is 0.316. The first-order valence-corrected chi connectivity index (χ1v) is 10.4. The fourth-order valence-electron chi connectivity index (χ4n) is 2.36. The molecule has 140 valence electrons. The van der Waals surface area contributed by atoms with Crippen LogP contribution in [-0.4, -0.2) is 20.9 Å². The lowest BCUT2D eigenvalue weighted by Crippen LogP contribution is -2.26. The van der Waals surface area contributed by atoms with Crippen LogP contribution in [0.1, 0.15) is 42.1 Å². The lowest BCUT2D eigenvalue weighted by Gasteiger charge is -2.09. The molecule has 0 aromatic heterocycles. The Kier molecular flexibility index (Phi) is 7.63. The standard InChI is InChI=1S/C19H23ClN2O3S/c1-2-3-4-12-22-26(24,25)18-7-5-6-16(13-18)19(23)21-14-15-8-10-17(20)11-9-15/h5-11,13,22H,2-4,12,14H2,1H3,(H,21,23). The van der Waals surface area contributed by atoms with E-state index in [1.807, 2.05) is 12.1 Å². The van der Waals surface area contributed by atoms with Crippen LogP contribution in [0.15, 0.2) is 53.4 Å². The molecule has 0 bridgehead atoms. The maximum atomic E-state index is 12.3. The Bertz CT molecular complexity index is 836. The molecule has 0 aliphatic carbocycles. The van der Waals surface area contributed by atoms with Crippen molar-refractivity contribution in [1.29, 1.82) is 0 Å². The van der Waals surface area contributed by atoms with E-state index >= 15 is 0 Å². The minimum absolute atomic E-state index is 0.0909. The highest BCUT2D eigenvalue weighted by Crippen LogP contribution is 2.13. The van der Waals surface area contributed by atoms with Gasteiger partial charge in [-0.1, -0.05) is 49.6 Å². The van der Waals surface area contributed by atoms with Crippen LogP contribution in [0.5, 0.6) is 0 Å². The molecule has 0 saturated carbocycles. The van der Waals surface area contributed by atoms with Gasteiger partial charge in [0.15, 0.2) is 0 Å². The molecule has 0 heterocycles. The second-order valence-corrected chi connectivity index (χ2v) is 8.15. The maximum Gasteiger partial charge on any atom is 0.251 e. The maximum absolute atomic E-state index is 12.3. The van der Waals surface area contributed by atoms with Gasteiger partial charge >= 0.3 is 0 Å². The highest BCUT2D eigenvalue weighted by atomic mass is 35.5. The van der Waals surface area contributed by atoms with Crippen LogP contribution in [0, 0.1) is 0 Å². The lowest BCUT2D eigenvalue weighted by atomic mass is 10.2. The van der Waals surface area contributed by atoms with Gasteiger partial charge in [0.05, 0.1) is 4.90 Å². The minimum atomic E-state index is -3.61. The topological polar surface area (TPSA) is 75.3 Å². The van der Waals surface area contributed by atoms with Crippen molar-refractivity contribution in [2.75, 3.05) is 6.54 Å². The summed E-state index contributed by atoms with van der Waals surface area (Å²) in [6, 6.07) is 13.2. The van der Waals surface area contributed by atoms with Crippen molar-refractivity contribution in [1.82, 2.24) is 10.0 Å². The Morgan fingerprint density at radius 2 is 1.81 bits per heavy atom. The number of hydrogen-bond acceptors (Lipinski definition) is 3. The SMILES string of the molecule is CCCCCNS(=O)(=O)c1cccc(C(=O)NCc2ccc(Cl)cc2)c1. The molecule has 0 radical (unpaired) electrons. The Labute approximate surface area is 159 Å². The van der Waals surface area contributed by atoms with E-state index in [2.05, 4.69) is 17.0 Å². The molecule has 0 aliphatic rings. The number of unbranched alkanes of at least 4 members (excludes halogenated alkanes) is 2. The number of amides is 1. The number of nitrogens with one attached hydrogen (secondary N) is 2. The third-order valence-electron chi connectivity index (χ3n) is 3.85. The van der Waals surface area contributed by atoms with E-state index in [1.165, 1.54) is 12.1 Å². The van der Waals surface area contributed by atoms with Crippen molar-refractivity contribution in [3.63, 3.8) is 0 Å². The third kappa shape index (κ3) is 6.12. The molecule has 0 unspecified atom stereocenters. The van der Waals surface area contributed by atoms with Gasteiger partial charge in [-0.25, -0.2) is 13.1 Å². The van der Waals surface area contributed by atoms with Gasteiger partial charge in [0.25, 0.3) is 5.91 Å².